The second kappa shape index (κ2) is 18.0. The topological polar surface area (TPSA) is 124 Å². The van der Waals surface area contributed by atoms with Crippen molar-refractivity contribution < 1.29 is 21.6 Å². The molecule has 2 aliphatic heterocycles. The minimum Gasteiger partial charge on any atom is -0.294 e. The van der Waals surface area contributed by atoms with Crippen molar-refractivity contribution in [2.75, 3.05) is 64.9 Å². The Kier molecular flexibility index (Phi) is 13.3. The fourth-order valence-electron chi connectivity index (χ4n) is 8.30. The SMILES string of the molecule is CC(=O)C1=Cc2cc(Cl)ccc2C(N2CCN(S(C)(=O)=O)CC2)c2ncccc21.C[Si](C)(C)C#CC1=Cc2cc(Cl)ccc2C(N2CCN(S(C)(=O)=O)CC2)c2ncccc21. The van der Waals surface area contributed by atoms with E-state index in [1.807, 2.05) is 60.8 Å². The van der Waals surface area contributed by atoms with Crippen LogP contribution in [-0.4, -0.2) is 124 Å². The zero-order valence-electron chi connectivity index (χ0n) is 35.2. The Morgan fingerprint density at radius 2 is 1.11 bits per heavy atom. The van der Waals surface area contributed by atoms with Crippen molar-refractivity contribution in [1.29, 1.82) is 0 Å². The normalized spacial score (nSPS) is 20.1. The van der Waals surface area contributed by atoms with Crippen molar-refractivity contribution in [3.05, 3.63) is 128 Å². The van der Waals surface area contributed by atoms with E-state index in [0.29, 0.717) is 68.0 Å². The van der Waals surface area contributed by atoms with E-state index in [0.717, 1.165) is 50.3 Å². The van der Waals surface area contributed by atoms with Crippen LogP contribution in [0.1, 0.15) is 63.8 Å². The molecule has 0 amide bonds. The number of Topliss-reactive ketones (excluding diaryl/α,β-unsaturated/α-hetero) is 1. The van der Waals surface area contributed by atoms with E-state index >= 15 is 0 Å². The van der Waals surface area contributed by atoms with Gasteiger partial charge in [-0.2, -0.15) is 8.61 Å². The summed E-state index contributed by atoms with van der Waals surface area (Å²) in [6.07, 6.45) is 10.1. The number of rotatable bonds is 5. The van der Waals surface area contributed by atoms with Crippen LogP contribution in [0.5, 0.6) is 0 Å². The highest BCUT2D eigenvalue weighted by Gasteiger charge is 2.36. The lowest BCUT2D eigenvalue weighted by Crippen LogP contribution is -2.49. The Labute approximate surface area is 371 Å². The molecule has 0 spiro atoms. The number of carbonyl (C=O) groups excluding carboxylic acids is 1. The molecule has 61 heavy (non-hydrogen) atoms. The number of allylic oxidation sites excluding steroid dienone is 2. The molecule has 2 unspecified atom stereocenters. The molecule has 0 N–H and O–H groups in total. The Hall–Kier alpha value is -4.01. The van der Waals surface area contributed by atoms with Gasteiger partial charge in [-0.15, -0.1) is 5.54 Å². The molecule has 8 rings (SSSR count). The molecule has 16 heteroatoms. The van der Waals surface area contributed by atoms with E-state index in [9.17, 15) is 21.6 Å². The lowest BCUT2D eigenvalue weighted by atomic mass is 9.95. The van der Waals surface area contributed by atoms with Gasteiger partial charge in [-0.1, -0.05) is 73.0 Å². The number of halogens is 2. The molecule has 320 valence electrons. The lowest BCUT2D eigenvalue weighted by molar-refractivity contribution is -0.111. The zero-order chi connectivity index (χ0) is 43.9. The molecule has 0 radical (unpaired) electrons. The maximum absolute atomic E-state index is 12.4. The number of hydrogen-bond acceptors (Lipinski definition) is 9. The minimum atomic E-state index is -3.22. The summed E-state index contributed by atoms with van der Waals surface area (Å²) < 4.78 is 50.9. The predicted molar refractivity (Wildman–Crippen MR) is 249 cm³/mol. The van der Waals surface area contributed by atoms with Crippen LogP contribution in [0.4, 0.5) is 0 Å². The Bertz CT molecular complexity index is 2710. The fraction of sp³-hybridized carbons (Fsp3) is 0.356. The summed E-state index contributed by atoms with van der Waals surface area (Å²) in [6.45, 7) is 12.4. The van der Waals surface area contributed by atoms with Gasteiger partial charge in [-0.25, -0.2) is 16.8 Å². The van der Waals surface area contributed by atoms with Gasteiger partial charge in [0, 0.05) is 97.1 Å². The highest BCUT2D eigenvalue weighted by Crippen LogP contribution is 2.42. The summed E-state index contributed by atoms with van der Waals surface area (Å²) in [5.74, 6) is 3.42. The molecule has 11 nitrogen and oxygen atoms in total. The second-order valence-electron chi connectivity index (χ2n) is 16.8. The average molecular weight is 918 g/mol. The van der Waals surface area contributed by atoms with Crippen LogP contribution in [0.2, 0.25) is 29.7 Å². The zero-order valence-corrected chi connectivity index (χ0v) is 39.3. The first-order valence-corrected chi connectivity index (χ1v) is 28.1. The number of hydrogen-bond donors (Lipinski definition) is 0. The first-order chi connectivity index (χ1) is 28.8. The summed E-state index contributed by atoms with van der Waals surface area (Å²) in [5, 5.41) is 1.28. The number of carbonyl (C=O) groups is 1. The van der Waals surface area contributed by atoms with Crippen molar-refractivity contribution >= 4 is 80.4 Å². The van der Waals surface area contributed by atoms with Crippen LogP contribution in [0.3, 0.4) is 0 Å². The van der Waals surface area contributed by atoms with E-state index in [4.69, 9.17) is 28.2 Å². The third-order valence-corrected chi connectivity index (χ3v) is 15.2. The average Bonchev–Trinajstić information content (AvgIpc) is 3.43. The third-order valence-electron chi connectivity index (χ3n) is 11.2. The maximum Gasteiger partial charge on any atom is 0.211 e. The van der Waals surface area contributed by atoms with Crippen molar-refractivity contribution in [2.45, 2.75) is 38.6 Å². The molecule has 2 atom stereocenters. The molecular formula is C45H50Cl2N6O5S2Si. The smallest absolute Gasteiger partial charge is 0.211 e. The highest BCUT2D eigenvalue weighted by molar-refractivity contribution is 7.88. The summed E-state index contributed by atoms with van der Waals surface area (Å²) in [4.78, 5) is 26.5. The third kappa shape index (κ3) is 10.3. The molecule has 2 aromatic heterocycles. The molecule has 4 aromatic rings. The molecule has 0 bridgehead atoms. The number of piperazine rings is 2. The predicted octanol–water partition coefficient (Wildman–Crippen LogP) is 6.98. The van der Waals surface area contributed by atoms with Crippen LogP contribution in [0.15, 0.2) is 73.1 Å². The van der Waals surface area contributed by atoms with Gasteiger partial charge in [0.15, 0.2) is 5.78 Å². The van der Waals surface area contributed by atoms with Crippen LogP contribution < -0.4 is 0 Å². The Morgan fingerprint density at radius 3 is 1.56 bits per heavy atom. The Balaban J connectivity index is 0.000000185. The molecular weight excluding hydrogens is 868 g/mol. The van der Waals surface area contributed by atoms with Crippen molar-refractivity contribution in [2.24, 2.45) is 0 Å². The van der Waals surface area contributed by atoms with Gasteiger partial charge in [-0.3, -0.25) is 24.6 Å². The standard InChI is InChI=1S/C24H28ClN3O2SSi.C21H22ClN3O3S/c1-31(29,30)28-13-11-27(12-14-28)24-22-8-7-20(25)17-19(22)16-18(9-15-32(2,3)4)21-6-5-10-26-23(21)24;1-14(26)19-13-15-12-16(22)5-6-17(15)21(20-18(19)4-3-7-23-20)24-8-10-25(11-9-24)29(2,27)28/h5-8,10,16-17,24H,11-14H2,1-4H3;3-7,12-13,21H,8-11H2,1-2H3. The molecule has 2 saturated heterocycles. The number of ketones is 1. The van der Waals surface area contributed by atoms with Gasteiger partial charge >= 0.3 is 0 Å². The summed E-state index contributed by atoms with van der Waals surface area (Å²) in [6, 6.07) is 19.1. The summed E-state index contributed by atoms with van der Waals surface area (Å²) in [7, 11) is -7.99. The number of pyridine rings is 2. The molecule has 2 aromatic carbocycles. The second-order valence-corrected chi connectivity index (χ2v) is 26.4. The summed E-state index contributed by atoms with van der Waals surface area (Å²) >= 11 is 12.6. The monoisotopic (exact) mass is 916 g/mol. The number of fused-ring (bicyclic) bond motifs is 4. The van der Waals surface area contributed by atoms with Crippen molar-refractivity contribution in [1.82, 2.24) is 28.4 Å². The van der Waals surface area contributed by atoms with Gasteiger partial charge in [0.25, 0.3) is 0 Å². The fourth-order valence-corrected chi connectivity index (χ4v) is 10.8. The minimum absolute atomic E-state index is 0.0345. The first kappa shape index (κ1) is 45.0. The van der Waals surface area contributed by atoms with Gasteiger partial charge in [0.2, 0.25) is 20.0 Å². The van der Waals surface area contributed by atoms with E-state index in [1.165, 1.54) is 16.8 Å². The maximum atomic E-state index is 12.4. The lowest BCUT2D eigenvalue weighted by Gasteiger charge is -2.38. The number of sulfonamides is 2. The summed E-state index contributed by atoms with van der Waals surface area (Å²) in [5.41, 5.74) is 12.7. The van der Waals surface area contributed by atoms with Crippen molar-refractivity contribution in [3.63, 3.8) is 0 Å². The van der Waals surface area contributed by atoms with Gasteiger partial charge < -0.3 is 0 Å². The van der Waals surface area contributed by atoms with Gasteiger partial charge in [-0.05, 0) is 77.7 Å². The number of benzene rings is 2. The van der Waals surface area contributed by atoms with Crippen LogP contribution >= 0.6 is 23.2 Å². The van der Waals surface area contributed by atoms with Crippen LogP contribution in [-0.2, 0) is 24.8 Å². The van der Waals surface area contributed by atoms with Crippen LogP contribution in [0.25, 0.3) is 23.3 Å². The first-order valence-electron chi connectivity index (χ1n) is 20.1. The van der Waals surface area contributed by atoms with Gasteiger partial charge in [0.05, 0.1) is 36.0 Å². The van der Waals surface area contributed by atoms with Gasteiger partial charge in [0.1, 0.15) is 8.07 Å². The van der Waals surface area contributed by atoms with E-state index < -0.39 is 28.1 Å². The molecule has 4 heterocycles. The van der Waals surface area contributed by atoms with E-state index in [2.05, 4.69) is 64.1 Å². The highest BCUT2D eigenvalue weighted by atomic mass is 35.5. The molecule has 2 fully saturated rings. The van der Waals surface area contributed by atoms with Crippen molar-refractivity contribution in [3.8, 4) is 11.5 Å². The molecule has 2 aliphatic carbocycles. The number of aromatic nitrogens is 2. The molecule has 0 saturated carbocycles. The largest absolute Gasteiger partial charge is 0.294 e. The van der Waals surface area contributed by atoms with E-state index in [-0.39, 0.29) is 17.9 Å². The quantitative estimate of drug-likeness (QED) is 0.154. The number of nitrogens with zero attached hydrogens (tertiary/aromatic N) is 6. The Morgan fingerprint density at radius 1 is 0.672 bits per heavy atom. The van der Waals surface area contributed by atoms with E-state index in [1.54, 1.807) is 17.4 Å². The molecule has 4 aliphatic rings. The van der Waals surface area contributed by atoms with Crippen LogP contribution in [0, 0.1) is 11.5 Å².